The molecule has 5 rings (SSSR count). The summed E-state index contributed by atoms with van der Waals surface area (Å²) in [6.45, 7) is 4.00. The quantitative estimate of drug-likeness (QED) is 0.248. The van der Waals surface area contributed by atoms with Gasteiger partial charge in [0.25, 0.3) is 11.6 Å². The Morgan fingerprint density at radius 3 is 2.42 bits per heavy atom. The van der Waals surface area contributed by atoms with E-state index >= 15 is 0 Å². The summed E-state index contributed by atoms with van der Waals surface area (Å²) in [6, 6.07) is 12.0. The number of thiocarbonyl (C=S) groups is 1. The molecule has 0 N–H and O–H groups in total. The first-order chi connectivity index (χ1) is 17.1. The zero-order valence-electron chi connectivity index (χ0n) is 20.0. The molecule has 0 spiro atoms. The lowest BCUT2D eigenvalue weighted by Gasteiger charge is -2.39. The van der Waals surface area contributed by atoms with Gasteiger partial charge in [-0.05, 0) is 43.7 Å². The van der Waals surface area contributed by atoms with Crippen LogP contribution < -0.4 is 9.64 Å². The Morgan fingerprint density at radius 1 is 1.14 bits per heavy atom. The summed E-state index contributed by atoms with van der Waals surface area (Å²) < 4.78 is 5.84. The van der Waals surface area contributed by atoms with Crippen LogP contribution in [0.5, 0.6) is 5.75 Å². The number of non-ortho nitro benzene ring substituents is 1. The minimum atomic E-state index is -1.07. The molecule has 4 atom stereocenters. The number of nitro benzene ring substituents is 1. The molecule has 3 aliphatic rings. The van der Waals surface area contributed by atoms with Crippen LogP contribution in [0.3, 0.4) is 0 Å². The highest BCUT2D eigenvalue weighted by Gasteiger charge is 2.63. The fraction of sp³-hybridized carbons (Fsp3) is 0.375. The van der Waals surface area contributed by atoms with E-state index in [1.165, 1.54) is 31.0 Å². The van der Waals surface area contributed by atoms with E-state index in [0.717, 1.165) is 4.90 Å². The molecule has 3 heterocycles. The first-order valence-corrected chi connectivity index (χ1v) is 12.5. The lowest BCUT2D eigenvalue weighted by Crippen LogP contribution is -2.51. The smallest absolute Gasteiger partial charge is 0.269 e. The molecule has 0 aliphatic carbocycles. The summed E-state index contributed by atoms with van der Waals surface area (Å²) in [4.78, 5) is 47.7. The van der Waals surface area contributed by atoms with Crippen molar-refractivity contribution in [2.75, 3.05) is 19.1 Å². The Labute approximate surface area is 217 Å². The number of amides is 2. The normalized spacial score (nSPS) is 27.6. The van der Waals surface area contributed by atoms with Gasteiger partial charge in [-0.15, -0.1) is 0 Å². The maximum Gasteiger partial charge on any atom is 0.269 e. The van der Waals surface area contributed by atoms with Crippen molar-refractivity contribution in [3.63, 3.8) is 0 Å². The molecule has 188 valence electrons. The van der Waals surface area contributed by atoms with Crippen LogP contribution in [0.15, 0.2) is 48.5 Å². The second-order valence-corrected chi connectivity index (χ2v) is 11.1. The Hall–Kier alpha value is -3.06. The van der Waals surface area contributed by atoms with Crippen molar-refractivity contribution >= 4 is 51.5 Å². The van der Waals surface area contributed by atoms with Gasteiger partial charge in [0.05, 0.1) is 35.2 Å². The molecular weight excluding hydrogens is 504 g/mol. The highest BCUT2D eigenvalue weighted by molar-refractivity contribution is 8.23. The fourth-order valence-corrected chi connectivity index (χ4v) is 6.71. The predicted molar refractivity (Wildman–Crippen MR) is 137 cm³/mol. The molecular formula is C24H24N4O6S2. The van der Waals surface area contributed by atoms with Crippen LogP contribution in [0.2, 0.25) is 0 Å². The summed E-state index contributed by atoms with van der Waals surface area (Å²) in [6.07, 6.45) is -1.07. The van der Waals surface area contributed by atoms with E-state index in [1.807, 2.05) is 25.8 Å². The lowest BCUT2D eigenvalue weighted by molar-refractivity contribution is -0.385. The van der Waals surface area contributed by atoms with Crippen LogP contribution in [0.4, 0.5) is 11.4 Å². The Bertz CT molecular complexity index is 1270. The Balaban J connectivity index is 1.58. The van der Waals surface area contributed by atoms with Gasteiger partial charge in [0.1, 0.15) is 15.4 Å². The van der Waals surface area contributed by atoms with Gasteiger partial charge in [0.15, 0.2) is 6.10 Å². The molecule has 0 aromatic heterocycles. The van der Waals surface area contributed by atoms with E-state index in [-0.39, 0.29) is 11.1 Å². The molecule has 3 fully saturated rings. The molecule has 36 heavy (non-hydrogen) atoms. The minimum Gasteiger partial charge on any atom is -0.497 e. The number of likely N-dealkylation sites (N-methyl/N-ethyl adjacent to an activating group) is 1. The van der Waals surface area contributed by atoms with Crippen LogP contribution in [0, 0.1) is 16.0 Å². The summed E-state index contributed by atoms with van der Waals surface area (Å²) in [7, 11) is 3.42. The van der Waals surface area contributed by atoms with Gasteiger partial charge in [-0.25, -0.2) is 4.90 Å². The second-order valence-electron chi connectivity index (χ2n) is 9.37. The fourth-order valence-electron chi connectivity index (χ4n) is 4.88. The van der Waals surface area contributed by atoms with Crippen LogP contribution in [-0.4, -0.2) is 62.2 Å². The van der Waals surface area contributed by atoms with E-state index in [2.05, 4.69) is 0 Å². The van der Waals surface area contributed by atoms with Crippen molar-refractivity contribution in [1.82, 2.24) is 9.96 Å². The van der Waals surface area contributed by atoms with Crippen molar-refractivity contribution in [1.29, 1.82) is 0 Å². The van der Waals surface area contributed by atoms with Gasteiger partial charge in [-0.1, -0.05) is 36.1 Å². The largest absolute Gasteiger partial charge is 0.497 e. The number of fused-ring (bicyclic) bond motifs is 1. The summed E-state index contributed by atoms with van der Waals surface area (Å²) >= 11 is 6.93. The number of carbonyl (C=O) groups excluding carboxylic acids is 2. The average Bonchev–Trinajstić information content (AvgIpc) is 3.43. The van der Waals surface area contributed by atoms with Crippen molar-refractivity contribution in [3.8, 4) is 5.75 Å². The van der Waals surface area contributed by atoms with Gasteiger partial charge in [0, 0.05) is 19.2 Å². The van der Waals surface area contributed by atoms with Crippen LogP contribution in [0.1, 0.15) is 25.5 Å². The molecule has 0 saturated carbocycles. The molecule has 2 aromatic carbocycles. The Kier molecular flexibility index (Phi) is 6.02. The van der Waals surface area contributed by atoms with E-state index in [4.69, 9.17) is 21.8 Å². The van der Waals surface area contributed by atoms with E-state index in [0.29, 0.717) is 21.3 Å². The zero-order valence-corrected chi connectivity index (χ0v) is 21.6. The van der Waals surface area contributed by atoms with Crippen molar-refractivity contribution in [2.45, 2.75) is 36.9 Å². The van der Waals surface area contributed by atoms with Gasteiger partial charge in [-0.2, -0.15) is 5.06 Å². The molecule has 2 aromatic rings. The number of anilines is 1. The van der Waals surface area contributed by atoms with E-state index < -0.39 is 40.3 Å². The summed E-state index contributed by atoms with van der Waals surface area (Å²) in [5.41, 5.74) is 0.322. The number of thioether (sulfide) groups is 1. The van der Waals surface area contributed by atoms with Crippen molar-refractivity contribution < 1.29 is 24.1 Å². The maximum atomic E-state index is 13.8. The monoisotopic (exact) mass is 528 g/mol. The number of hydrogen-bond acceptors (Lipinski definition) is 9. The molecule has 0 radical (unpaired) electrons. The number of ether oxygens (including phenoxy) is 1. The predicted octanol–water partition coefficient (Wildman–Crippen LogP) is 3.52. The number of methoxy groups -OCH3 is 1. The standard InChI is InChI=1S/C24H24N4O6S2/c1-24(2)22(36-23(35)25(24)3)27-18(13-6-5-7-15(12-13)28(31)32)17-19(34-27)21(30)26(20(17)29)14-8-10-16(33-4)11-9-14/h5-12,17-19,22H,1-4H3/t17-,18-,19+,22+/m0/s1. The third-order valence-electron chi connectivity index (χ3n) is 7.08. The van der Waals surface area contributed by atoms with E-state index in [9.17, 15) is 19.7 Å². The zero-order chi connectivity index (χ0) is 25.9. The number of benzene rings is 2. The number of nitro groups is 1. The maximum absolute atomic E-state index is 13.8. The van der Waals surface area contributed by atoms with Crippen molar-refractivity contribution in [2.24, 2.45) is 5.92 Å². The molecule has 3 aliphatic heterocycles. The average molecular weight is 529 g/mol. The number of carbonyl (C=O) groups is 2. The molecule has 0 bridgehead atoms. The van der Waals surface area contributed by atoms with Crippen LogP contribution >= 0.6 is 24.0 Å². The lowest BCUT2D eigenvalue weighted by atomic mass is 9.89. The van der Waals surface area contributed by atoms with Crippen LogP contribution in [-0.2, 0) is 14.4 Å². The molecule has 12 heteroatoms. The Morgan fingerprint density at radius 2 is 1.83 bits per heavy atom. The van der Waals surface area contributed by atoms with E-state index in [1.54, 1.807) is 41.5 Å². The number of hydroxylamine groups is 2. The number of imide groups is 1. The number of nitrogens with zero attached hydrogens (tertiary/aromatic N) is 4. The SMILES string of the molecule is COc1ccc(N2C(=O)[C@@H]3[C@@H](ON([C@@H]4SC(=S)N(C)C4(C)C)[C@H]3c3cccc([N+](=O)[O-])c3)C2=O)cc1. The highest BCUT2D eigenvalue weighted by atomic mass is 32.2. The van der Waals surface area contributed by atoms with Crippen LogP contribution in [0.25, 0.3) is 0 Å². The summed E-state index contributed by atoms with van der Waals surface area (Å²) in [5.74, 6) is -1.20. The van der Waals surface area contributed by atoms with Gasteiger partial charge in [0.2, 0.25) is 5.91 Å². The first-order valence-electron chi connectivity index (χ1n) is 11.2. The third-order valence-corrected chi connectivity index (χ3v) is 9.13. The van der Waals surface area contributed by atoms with Gasteiger partial charge < -0.3 is 9.64 Å². The van der Waals surface area contributed by atoms with Gasteiger partial charge >= 0.3 is 0 Å². The molecule has 3 saturated heterocycles. The topological polar surface area (TPSA) is 105 Å². The van der Waals surface area contributed by atoms with Gasteiger partial charge in [-0.3, -0.25) is 24.5 Å². The molecule has 0 unspecified atom stereocenters. The molecule has 10 nitrogen and oxygen atoms in total. The van der Waals surface area contributed by atoms with Crippen molar-refractivity contribution in [3.05, 3.63) is 64.2 Å². The number of rotatable bonds is 5. The minimum absolute atomic E-state index is 0.106. The summed E-state index contributed by atoms with van der Waals surface area (Å²) in [5, 5.41) is 12.8. The molecule has 2 amide bonds. The third kappa shape index (κ3) is 3.67. The second kappa shape index (κ2) is 8.80. The first kappa shape index (κ1) is 24.6. The number of hydrogen-bond donors (Lipinski definition) is 0. The highest BCUT2D eigenvalue weighted by Crippen LogP contribution is 2.52.